The van der Waals surface area contributed by atoms with E-state index in [-0.39, 0.29) is 21.6 Å². The van der Waals surface area contributed by atoms with Crippen molar-refractivity contribution in [3.8, 4) is 0 Å². The molecule has 3 rings (SSSR count). The van der Waals surface area contributed by atoms with Crippen molar-refractivity contribution in [2.24, 2.45) is 0 Å². The molecule has 9 heteroatoms. The SMILES string of the molecule is CC(=O)Nc1ccc(S(=O)(=O)N2CCN(c3ccc(F)cc3)CC2)cc1Cl. The molecule has 144 valence electrons. The molecule has 1 aliphatic heterocycles. The number of rotatable bonds is 4. The van der Waals surface area contributed by atoms with Gasteiger partial charge in [-0.1, -0.05) is 11.6 Å². The van der Waals surface area contributed by atoms with Crippen LogP contribution in [0, 0.1) is 5.82 Å². The first-order chi connectivity index (χ1) is 12.8. The van der Waals surface area contributed by atoms with Crippen molar-refractivity contribution in [1.82, 2.24) is 4.31 Å². The number of piperazine rings is 1. The smallest absolute Gasteiger partial charge is 0.243 e. The zero-order chi connectivity index (χ0) is 19.6. The Bertz CT molecular complexity index is 943. The van der Waals surface area contributed by atoms with Crippen LogP contribution in [0.2, 0.25) is 5.02 Å². The zero-order valence-electron chi connectivity index (χ0n) is 14.7. The normalized spacial score (nSPS) is 15.6. The average Bonchev–Trinajstić information content (AvgIpc) is 2.64. The summed E-state index contributed by atoms with van der Waals surface area (Å²) in [7, 11) is -3.69. The van der Waals surface area contributed by atoms with Crippen LogP contribution in [0.25, 0.3) is 0 Å². The second-order valence-electron chi connectivity index (χ2n) is 6.19. The molecule has 0 bridgehead atoms. The largest absolute Gasteiger partial charge is 0.369 e. The number of carbonyl (C=O) groups excluding carboxylic acids is 1. The molecule has 0 unspecified atom stereocenters. The lowest BCUT2D eigenvalue weighted by Gasteiger charge is -2.35. The molecule has 0 aliphatic carbocycles. The summed E-state index contributed by atoms with van der Waals surface area (Å²) in [6, 6.07) is 10.4. The van der Waals surface area contributed by atoms with Crippen LogP contribution in [0.3, 0.4) is 0 Å². The lowest BCUT2D eigenvalue weighted by atomic mass is 10.2. The van der Waals surface area contributed by atoms with Crippen LogP contribution in [-0.2, 0) is 14.8 Å². The standard InChI is InChI=1S/C18H19ClFN3O3S/c1-13(24)21-18-7-6-16(12-17(18)19)27(25,26)23-10-8-22(9-11-23)15-4-2-14(20)3-5-15/h2-7,12H,8-11H2,1H3,(H,21,24). The Labute approximate surface area is 162 Å². The molecule has 1 N–H and O–H groups in total. The molecule has 1 amide bonds. The monoisotopic (exact) mass is 411 g/mol. The quantitative estimate of drug-likeness (QED) is 0.839. The van der Waals surface area contributed by atoms with Gasteiger partial charge in [0.2, 0.25) is 15.9 Å². The van der Waals surface area contributed by atoms with Crippen LogP contribution < -0.4 is 10.2 Å². The minimum absolute atomic E-state index is 0.0804. The highest BCUT2D eigenvalue weighted by atomic mass is 35.5. The molecule has 0 atom stereocenters. The van der Waals surface area contributed by atoms with Gasteiger partial charge in [0.1, 0.15) is 5.82 Å². The summed E-state index contributed by atoms with van der Waals surface area (Å²) in [5, 5.41) is 2.71. The van der Waals surface area contributed by atoms with Crippen molar-refractivity contribution >= 4 is 38.9 Å². The van der Waals surface area contributed by atoms with E-state index in [4.69, 9.17) is 11.6 Å². The summed E-state index contributed by atoms with van der Waals surface area (Å²) in [4.78, 5) is 13.2. The van der Waals surface area contributed by atoms with E-state index >= 15 is 0 Å². The Balaban J connectivity index is 1.72. The number of hydrogen-bond acceptors (Lipinski definition) is 4. The Morgan fingerprint density at radius 3 is 2.26 bits per heavy atom. The third-order valence-electron chi connectivity index (χ3n) is 4.32. The van der Waals surface area contributed by atoms with Crippen molar-refractivity contribution in [1.29, 1.82) is 0 Å². The Hall–Kier alpha value is -2.16. The molecule has 1 aliphatic rings. The van der Waals surface area contributed by atoms with Gasteiger partial charge in [0, 0.05) is 38.8 Å². The topological polar surface area (TPSA) is 69.7 Å². The number of carbonyl (C=O) groups is 1. The highest BCUT2D eigenvalue weighted by Gasteiger charge is 2.29. The van der Waals surface area contributed by atoms with Crippen LogP contribution in [-0.4, -0.2) is 44.8 Å². The fraction of sp³-hybridized carbons (Fsp3) is 0.278. The number of nitrogens with one attached hydrogen (secondary N) is 1. The maximum Gasteiger partial charge on any atom is 0.243 e. The summed E-state index contributed by atoms with van der Waals surface area (Å²) in [6.07, 6.45) is 0. The van der Waals surface area contributed by atoms with E-state index in [2.05, 4.69) is 5.32 Å². The minimum Gasteiger partial charge on any atom is -0.369 e. The summed E-state index contributed by atoms with van der Waals surface area (Å²) in [5.74, 6) is -0.594. The highest BCUT2D eigenvalue weighted by Crippen LogP contribution is 2.28. The van der Waals surface area contributed by atoms with Gasteiger partial charge in [-0.2, -0.15) is 4.31 Å². The maximum absolute atomic E-state index is 13.1. The van der Waals surface area contributed by atoms with Crippen LogP contribution in [0.5, 0.6) is 0 Å². The molecule has 2 aromatic carbocycles. The number of sulfonamides is 1. The van der Waals surface area contributed by atoms with E-state index < -0.39 is 10.0 Å². The summed E-state index contributed by atoms with van der Waals surface area (Å²) >= 11 is 6.10. The first kappa shape index (κ1) is 19.6. The van der Waals surface area contributed by atoms with Gasteiger partial charge in [-0.3, -0.25) is 4.79 Å². The number of hydrogen-bond donors (Lipinski definition) is 1. The zero-order valence-corrected chi connectivity index (χ0v) is 16.2. The van der Waals surface area contributed by atoms with Crippen LogP contribution in [0.1, 0.15) is 6.92 Å². The van der Waals surface area contributed by atoms with Gasteiger partial charge < -0.3 is 10.2 Å². The van der Waals surface area contributed by atoms with Crippen molar-refractivity contribution in [3.63, 3.8) is 0 Å². The molecule has 2 aromatic rings. The first-order valence-electron chi connectivity index (χ1n) is 8.35. The number of benzene rings is 2. The van der Waals surface area contributed by atoms with Crippen molar-refractivity contribution in [2.45, 2.75) is 11.8 Å². The molecular weight excluding hydrogens is 393 g/mol. The molecule has 0 aromatic heterocycles. The summed E-state index contributed by atoms with van der Waals surface area (Å²) in [5.41, 5.74) is 1.22. The molecule has 27 heavy (non-hydrogen) atoms. The van der Waals surface area contributed by atoms with Crippen molar-refractivity contribution in [2.75, 3.05) is 36.4 Å². The Morgan fingerprint density at radius 1 is 1.07 bits per heavy atom. The van der Waals surface area contributed by atoms with Gasteiger partial charge in [0.25, 0.3) is 0 Å². The molecule has 1 heterocycles. The second kappa shape index (κ2) is 7.84. The predicted octanol–water partition coefficient (Wildman–Crippen LogP) is 2.95. The second-order valence-corrected chi connectivity index (χ2v) is 8.54. The van der Waals surface area contributed by atoms with E-state index in [1.54, 1.807) is 12.1 Å². The van der Waals surface area contributed by atoms with Gasteiger partial charge in [0.05, 0.1) is 15.6 Å². The summed E-state index contributed by atoms with van der Waals surface area (Å²) < 4.78 is 40.2. The minimum atomic E-state index is -3.69. The average molecular weight is 412 g/mol. The number of nitrogens with zero attached hydrogens (tertiary/aromatic N) is 2. The van der Waals surface area contributed by atoms with Gasteiger partial charge in [-0.25, -0.2) is 12.8 Å². The van der Waals surface area contributed by atoms with Crippen molar-refractivity contribution in [3.05, 3.63) is 53.3 Å². The van der Waals surface area contributed by atoms with E-state index in [1.807, 2.05) is 4.90 Å². The van der Waals surface area contributed by atoms with E-state index in [0.29, 0.717) is 31.9 Å². The van der Waals surface area contributed by atoms with Crippen LogP contribution in [0.15, 0.2) is 47.4 Å². The molecule has 1 saturated heterocycles. The van der Waals surface area contributed by atoms with E-state index in [9.17, 15) is 17.6 Å². The van der Waals surface area contributed by atoms with E-state index in [0.717, 1.165) is 5.69 Å². The molecule has 0 radical (unpaired) electrons. The van der Waals surface area contributed by atoms with Gasteiger partial charge in [-0.05, 0) is 42.5 Å². The Morgan fingerprint density at radius 2 is 1.70 bits per heavy atom. The number of anilines is 2. The molecule has 6 nitrogen and oxygen atoms in total. The van der Waals surface area contributed by atoms with Gasteiger partial charge in [0.15, 0.2) is 0 Å². The molecule has 1 fully saturated rings. The number of amides is 1. The van der Waals surface area contributed by atoms with E-state index in [1.165, 1.54) is 41.6 Å². The number of halogens is 2. The van der Waals surface area contributed by atoms with Gasteiger partial charge in [-0.15, -0.1) is 0 Å². The third-order valence-corrected chi connectivity index (χ3v) is 6.53. The molecule has 0 spiro atoms. The lowest BCUT2D eigenvalue weighted by Crippen LogP contribution is -2.48. The maximum atomic E-state index is 13.1. The lowest BCUT2D eigenvalue weighted by molar-refractivity contribution is -0.114. The van der Waals surface area contributed by atoms with Crippen LogP contribution >= 0.6 is 11.6 Å². The fourth-order valence-electron chi connectivity index (χ4n) is 2.93. The van der Waals surface area contributed by atoms with Gasteiger partial charge >= 0.3 is 0 Å². The highest BCUT2D eigenvalue weighted by molar-refractivity contribution is 7.89. The third kappa shape index (κ3) is 4.40. The first-order valence-corrected chi connectivity index (χ1v) is 10.2. The summed E-state index contributed by atoms with van der Waals surface area (Å²) in [6.45, 7) is 2.97. The van der Waals surface area contributed by atoms with Crippen LogP contribution in [0.4, 0.5) is 15.8 Å². The Kier molecular flexibility index (Phi) is 5.69. The fourth-order valence-corrected chi connectivity index (χ4v) is 4.68. The van der Waals surface area contributed by atoms with Crippen molar-refractivity contribution < 1.29 is 17.6 Å². The molecule has 0 saturated carbocycles. The molecular formula is C18H19ClFN3O3S. The predicted molar refractivity (Wildman–Crippen MR) is 103 cm³/mol.